The quantitative estimate of drug-likeness (QED) is 0.902. The number of fused-ring (bicyclic) bond motifs is 1. The zero-order valence-electron chi connectivity index (χ0n) is 13.8. The second kappa shape index (κ2) is 5.20. The third-order valence-corrected chi connectivity index (χ3v) is 3.75. The standard InChI is InChI=1S/C14H17N3O3/c1-17(10-3-5-11(18)6-4-10)14(19)9-2-7-12-13(8-9)16-20-15-12/h2,7-8,10-11,18H,3-6H2,1H3/t10-,11-/i1D3. The number of benzene rings is 1. The van der Waals surface area contributed by atoms with Gasteiger partial charge in [-0.3, -0.25) is 4.79 Å². The predicted molar refractivity (Wildman–Crippen MR) is 72.2 cm³/mol. The van der Waals surface area contributed by atoms with E-state index in [0.29, 0.717) is 36.7 Å². The van der Waals surface area contributed by atoms with Gasteiger partial charge < -0.3 is 10.0 Å². The maximum absolute atomic E-state index is 12.8. The highest BCUT2D eigenvalue weighted by Crippen LogP contribution is 2.24. The molecule has 1 amide bonds. The van der Waals surface area contributed by atoms with Gasteiger partial charge in [0.1, 0.15) is 11.0 Å². The molecule has 20 heavy (non-hydrogen) atoms. The van der Waals surface area contributed by atoms with E-state index < -0.39 is 25.0 Å². The van der Waals surface area contributed by atoms with Gasteiger partial charge in [0, 0.05) is 22.7 Å². The molecule has 1 aromatic heterocycles. The number of amides is 1. The zero-order chi connectivity index (χ0) is 16.6. The van der Waals surface area contributed by atoms with Crippen molar-refractivity contribution in [3.05, 3.63) is 23.8 Å². The van der Waals surface area contributed by atoms with Gasteiger partial charge in [-0.1, -0.05) is 0 Å². The van der Waals surface area contributed by atoms with Crippen LogP contribution in [0.1, 0.15) is 40.2 Å². The van der Waals surface area contributed by atoms with E-state index in [2.05, 4.69) is 14.9 Å². The van der Waals surface area contributed by atoms with Crippen molar-refractivity contribution in [1.82, 2.24) is 15.2 Å². The molecule has 0 spiro atoms. The number of hydrogen-bond donors (Lipinski definition) is 1. The van der Waals surface area contributed by atoms with Gasteiger partial charge in [-0.2, -0.15) is 0 Å². The van der Waals surface area contributed by atoms with E-state index in [1.54, 1.807) is 6.07 Å². The van der Waals surface area contributed by atoms with E-state index in [1.807, 2.05) is 0 Å². The smallest absolute Gasteiger partial charge is 0.253 e. The predicted octanol–water partition coefficient (Wildman–Crippen LogP) is 1.60. The molecular formula is C14H17N3O3. The molecule has 0 aliphatic heterocycles. The summed E-state index contributed by atoms with van der Waals surface area (Å²) in [4.78, 5) is 13.7. The van der Waals surface area contributed by atoms with Gasteiger partial charge >= 0.3 is 0 Å². The number of carbonyl (C=O) groups excluding carboxylic acids is 1. The molecule has 0 unspecified atom stereocenters. The van der Waals surface area contributed by atoms with Crippen molar-refractivity contribution in [1.29, 1.82) is 0 Å². The summed E-state index contributed by atoms with van der Waals surface area (Å²) in [6, 6.07) is 4.15. The molecule has 2 aromatic rings. The average Bonchev–Trinajstić information content (AvgIpc) is 2.95. The van der Waals surface area contributed by atoms with Gasteiger partial charge in [-0.25, -0.2) is 4.63 Å². The van der Waals surface area contributed by atoms with Crippen LogP contribution in [0.2, 0.25) is 0 Å². The molecule has 1 aliphatic carbocycles. The molecule has 0 atom stereocenters. The summed E-state index contributed by atoms with van der Waals surface area (Å²) in [6.45, 7) is -2.54. The van der Waals surface area contributed by atoms with Gasteiger partial charge in [-0.15, -0.1) is 0 Å². The van der Waals surface area contributed by atoms with Crippen LogP contribution in [0.15, 0.2) is 22.8 Å². The van der Waals surface area contributed by atoms with Crippen molar-refractivity contribution in [2.75, 3.05) is 6.98 Å². The molecule has 1 aliphatic rings. The van der Waals surface area contributed by atoms with Crippen LogP contribution >= 0.6 is 0 Å². The molecule has 6 heteroatoms. The largest absolute Gasteiger partial charge is 0.393 e. The van der Waals surface area contributed by atoms with Gasteiger partial charge in [0.05, 0.1) is 6.10 Å². The molecule has 1 heterocycles. The third kappa shape index (κ3) is 2.38. The van der Waals surface area contributed by atoms with Crippen LogP contribution < -0.4 is 0 Å². The van der Waals surface area contributed by atoms with Crippen molar-refractivity contribution in [3.63, 3.8) is 0 Å². The lowest BCUT2D eigenvalue weighted by atomic mass is 9.92. The summed E-state index contributed by atoms with van der Waals surface area (Å²) < 4.78 is 27.7. The van der Waals surface area contributed by atoms with Gasteiger partial charge in [0.2, 0.25) is 0 Å². The van der Waals surface area contributed by atoms with Gasteiger partial charge in [0.25, 0.3) is 5.91 Å². The number of aliphatic hydroxyl groups is 1. The first-order valence-corrected chi connectivity index (χ1v) is 6.60. The Balaban J connectivity index is 1.90. The molecule has 3 rings (SSSR count). The Morgan fingerprint density at radius 1 is 1.35 bits per heavy atom. The van der Waals surface area contributed by atoms with E-state index in [4.69, 9.17) is 4.11 Å². The molecule has 1 saturated carbocycles. The summed E-state index contributed by atoms with van der Waals surface area (Å²) in [5.41, 5.74) is 1.14. The Morgan fingerprint density at radius 2 is 2.10 bits per heavy atom. The van der Waals surface area contributed by atoms with Crippen LogP contribution in [0.3, 0.4) is 0 Å². The maximum Gasteiger partial charge on any atom is 0.253 e. The number of aliphatic hydroxyl groups excluding tert-OH is 1. The van der Waals surface area contributed by atoms with Crippen LogP contribution in [0.4, 0.5) is 0 Å². The van der Waals surface area contributed by atoms with Crippen LogP contribution in [-0.2, 0) is 0 Å². The topological polar surface area (TPSA) is 79.5 Å². The second-order valence-electron chi connectivity index (χ2n) is 5.11. The van der Waals surface area contributed by atoms with Crippen molar-refractivity contribution < 1.29 is 18.6 Å². The van der Waals surface area contributed by atoms with Crippen molar-refractivity contribution in [2.24, 2.45) is 0 Å². The van der Waals surface area contributed by atoms with E-state index in [0.717, 1.165) is 4.90 Å². The molecule has 0 bridgehead atoms. The Kier molecular flexibility index (Phi) is 2.57. The van der Waals surface area contributed by atoms with Crippen LogP contribution in [0, 0.1) is 0 Å². The first kappa shape index (κ1) is 9.88. The number of nitrogens with zero attached hydrogens (tertiary/aromatic N) is 3. The SMILES string of the molecule is [2H]C([2H])([2H])N(C(=O)c1ccc2nonc2c1)[C@H]1CC[C@H](O)CC1. The van der Waals surface area contributed by atoms with Crippen LogP contribution in [0.25, 0.3) is 11.0 Å². The van der Waals surface area contributed by atoms with E-state index in [-0.39, 0.29) is 5.56 Å². The number of aromatic nitrogens is 2. The molecular weight excluding hydrogens is 258 g/mol. The fourth-order valence-electron chi connectivity index (χ4n) is 2.54. The first-order valence-electron chi connectivity index (χ1n) is 8.10. The molecule has 1 fully saturated rings. The number of carbonyl (C=O) groups is 1. The molecule has 1 N–H and O–H groups in total. The number of rotatable bonds is 2. The summed E-state index contributed by atoms with van der Waals surface area (Å²) >= 11 is 0. The first-order chi connectivity index (χ1) is 10.9. The second-order valence-corrected chi connectivity index (χ2v) is 5.11. The Morgan fingerprint density at radius 3 is 2.85 bits per heavy atom. The third-order valence-electron chi connectivity index (χ3n) is 3.75. The minimum Gasteiger partial charge on any atom is -0.393 e. The summed E-state index contributed by atoms with van der Waals surface area (Å²) in [5.74, 6) is -0.573. The monoisotopic (exact) mass is 278 g/mol. The highest BCUT2D eigenvalue weighted by molar-refractivity contribution is 5.97. The normalized spacial score (nSPS) is 25.8. The average molecular weight is 278 g/mol. The van der Waals surface area contributed by atoms with Crippen molar-refractivity contribution in [3.8, 4) is 0 Å². The molecule has 0 saturated heterocycles. The van der Waals surface area contributed by atoms with Crippen LogP contribution in [-0.4, -0.2) is 45.3 Å². The highest BCUT2D eigenvalue weighted by atomic mass is 16.6. The molecule has 0 radical (unpaired) electrons. The lowest BCUT2D eigenvalue weighted by molar-refractivity contribution is 0.0569. The zero-order valence-corrected chi connectivity index (χ0v) is 10.8. The maximum atomic E-state index is 12.8. The minimum atomic E-state index is -2.54. The molecule has 6 nitrogen and oxygen atoms in total. The summed E-state index contributed by atoms with van der Waals surface area (Å²) in [6.07, 6.45) is 1.52. The Bertz CT molecular complexity index is 708. The summed E-state index contributed by atoms with van der Waals surface area (Å²) in [5, 5.41) is 16.9. The Hall–Kier alpha value is -1.95. The lowest BCUT2D eigenvalue weighted by Gasteiger charge is -2.33. The van der Waals surface area contributed by atoms with Crippen molar-refractivity contribution >= 4 is 16.9 Å². The highest BCUT2D eigenvalue weighted by Gasteiger charge is 2.26. The van der Waals surface area contributed by atoms with Crippen molar-refractivity contribution in [2.45, 2.75) is 37.8 Å². The van der Waals surface area contributed by atoms with Crippen LogP contribution in [0.5, 0.6) is 0 Å². The van der Waals surface area contributed by atoms with E-state index in [1.165, 1.54) is 12.1 Å². The lowest BCUT2D eigenvalue weighted by Crippen LogP contribution is -2.40. The van der Waals surface area contributed by atoms with E-state index in [9.17, 15) is 9.90 Å². The molecule has 106 valence electrons. The fourth-order valence-corrected chi connectivity index (χ4v) is 2.54. The van der Waals surface area contributed by atoms with Gasteiger partial charge in [-0.05, 0) is 54.2 Å². The minimum absolute atomic E-state index is 0.232. The van der Waals surface area contributed by atoms with Gasteiger partial charge in [0.15, 0.2) is 0 Å². The fraction of sp³-hybridized carbons (Fsp3) is 0.500. The summed E-state index contributed by atoms with van der Waals surface area (Å²) in [7, 11) is 0. The Labute approximate surface area is 120 Å². The number of hydrogen-bond acceptors (Lipinski definition) is 5. The van der Waals surface area contributed by atoms with E-state index >= 15 is 0 Å². The molecule has 1 aromatic carbocycles.